The van der Waals surface area contributed by atoms with E-state index in [1.165, 1.54) is 30.3 Å². The summed E-state index contributed by atoms with van der Waals surface area (Å²) in [6.45, 7) is 0. The first-order valence-corrected chi connectivity index (χ1v) is 7.88. The molecule has 11 heteroatoms. The van der Waals surface area contributed by atoms with Gasteiger partial charge in [0.05, 0.1) is 6.42 Å². The normalized spacial score (nSPS) is 21.4. The largest absolute Gasteiger partial charge is 0.511 e. The Morgan fingerprint density at radius 1 is 1.29 bits per heavy atom. The molecule has 2 N–H and O–H groups in total. The third-order valence-corrected chi connectivity index (χ3v) is 4.55. The summed E-state index contributed by atoms with van der Waals surface area (Å²) in [5.41, 5.74) is -8.14. The maximum Gasteiger partial charge on any atom is 0.511 e. The Bertz CT molecular complexity index is 832. The molecular formula is C13H11F3N2O5S. The molecule has 0 amide bonds. The number of para-hydroxylation sites is 1. The number of allylic oxidation sites excluding steroid dienone is 2. The lowest BCUT2D eigenvalue weighted by molar-refractivity contribution is -0.557. The van der Waals surface area contributed by atoms with Crippen LogP contribution in [0.4, 0.5) is 13.2 Å². The summed E-state index contributed by atoms with van der Waals surface area (Å²) in [6.07, 6.45) is 2.43. The molecule has 0 saturated carbocycles. The van der Waals surface area contributed by atoms with E-state index in [1.807, 2.05) is 0 Å². The number of nitrogens with zero attached hydrogens (tertiary/aromatic N) is 1. The molecule has 0 heterocycles. The SMILES string of the molecule is O=[N+]([O-])C1(NS(=O)(=O)C(F)(F)F)C=CC=C(c2ccccc2O)C1. The molecule has 0 radical (unpaired) electrons. The van der Waals surface area contributed by atoms with Crippen LogP contribution >= 0.6 is 0 Å². The van der Waals surface area contributed by atoms with E-state index >= 15 is 0 Å². The second-order valence-corrected chi connectivity index (χ2v) is 6.65. The van der Waals surface area contributed by atoms with Gasteiger partial charge in [0.2, 0.25) is 0 Å². The Labute approximate surface area is 134 Å². The van der Waals surface area contributed by atoms with Gasteiger partial charge in [-0.15, -0.1) is 4.72 Å². The maximum atomic E-state index is 12.6. The van der Waals surface area contributed by atoms with Crippen molar-refractivity contribution in [2.24, 2.45) is 0 Å². The van der Waals surface area contributed by atoms with Gasteiger partial charge < -0.3 is 5.11 Å². The van der Waals surface area contributed by atoms with Gasteiger partial charge >= 0.3 is 21.2 Å². The first-order chi connectivity index (χ1) is 11.0. The molecule has 7 nitrogen and oxygen atoms in total. The number of hydrogen-bond donors (Lipinski definition) is 2. The molecule has 0 fully saturated rings. The van der Waals surface area contributed by atoms with Crippen molar-refractivity contribution in [1.29, 1.82) is 0 Å². The van der Waals surface area contributed by atoms with Crippen LogP contribution in [0.3, 0.4) is 0 Å². The van der Waals surface area contributed by atoms with E-state index in [0.717, 1.165) is 16.9 Å². The first-order valence-electron chi connectivity index (χ1n) is 6.40. The van der Waals surface area contributed by atoms with Gasteiger partial charge in [-0.1, -0.05) is 30.4 Å². The van der Waals surface area contributed by atoms with E-state index in [1.54, 1.807) is 0 Å². The van der Waals surface area contributed by atoms with Crippen LogP contribution in [0.15, 0.2) is 42.5 Å². The van der Waals surface area contributed by atoms with E-state index in [2.05, 4.69) is 0 Å². The van der Waals surface area contributed by atoms with Crippen molar-refractivity contribution in [3.8, 4) is 5.75 Å². The number of aromatic hydroxyl groups is 1. The molecule has 1 unspecified atom stereocenters. The van der Waals surface area contributed by atoms with E-state index in [0.29, 0.717) is 0 Å². The molecule has 0 spiro atoms. The van der Waals surface area contributed by atoms with E-state index < -0.39 is 32.5 Å². The minimum Gasteiger partial charge on any atom is -0.507 e. The number of alkyl halides is 3. The Kier molecular flexibility index (Phi) is 4.42. The average Bonchev–Trinajstić information content (AvgIpc) is 2.46. The average molecular weight is 364 g/mol. The Hall–Kier alpha value is -2.40. The van der Waals surface area contributed by atoms with Crippen molar-refractivity contribution in [3.63, 3.8) is 0 Å². The lowest BCUT2D eigenvalue weighted by atomic mass is 9.90. The number of hydrogen-bond acceptors (Lipinski definition) is 5. The van der Waals surface area contributed by atoms with Gasteiger partial charge in [0, 0.05) is 16.6 Å². The summed E-state index contributed by atoms with van der Waals surface area (Å²) < 4.78 is 61.4. The van der Waals surface area contributed by atoms with Crippen LogP contribution in [0.5, 0.6) is 5.75 Å². The van der Waals surface area contributed by atoms with Gasteiger partial charge in [0.15, 0.2) is 0 Å². The van der Waals surface area contributed by atoms with Crippen molar-refractivity contribution in [2.45, 2.75) is 17.6 Å². The van der Waals surface area contributed by atoms with Crippen LogP contribution < -0.4 is 4.72 Å². The number of rotatable bonds is 4. The highest BCUT2D eigenvalue weighted by Gasteiger charge is 2.55. The molecule has 0 aliphatic heterocycles. The number of nitrogens with one attached hydrogen (secondary N) is 1. The summed E-state index contributed by atoms with van der Waals surface area (Å²) in [5.74, 6) is -0.241. The minimum absolute atomic E-state index is 0.108. The van der Waals surface area contributed by atoms with E-state index in [4.69, 9.17) is 0 Å². The van der Waals surface area contributed by atoms with Crippen LogP contribution in [0.25, 0.3) is 5.57 Å². The van der Waals surface area contributed by atoms with Crippen molar-refractivity contribution in [2.75, 3.05) is 0 Å². The first kappa shape index (κ1) is 17.9. The molecule has 0 bridgehead atoms. The van der Waals surface area contributed by atoms with Crippen LogP contribution in [0.1, 0.15) is 12.0 Å². The van der Waals surface area contributed by atoms with Crippen molar-refractivity contribution in [1.82, 2.24) is 4.72 Å². The van der Waals surface area contributed by atoms with Gasteiger partial charge in [0.1, 0.15) is 5.75 Å². The van der Waals surface area contributed by atoms with Crippen molar-refractivity contribution >= 4 is 15.6 Å². The zero-order valence-electron chi connectivity index (χ0n) is 11.8. The summed E-state index contributed by atoms with van der Waals surface area (Å²) in [7, 11) is -5.95. The highest BCUT2D eigenvalue weighted by molar-refractivity contribution is 7.90. The quantitative estimate of drug-likeness (QED) is 0.483. The lowest BCUT2D eigenvalue weighted by Gasteiger charge is -2.27. The molecule has 1 atom stereocenters. The second kappa shape index (κ2) is 5.91. The lowest BCUT2D eigenvalue weighted by Crippen LogP contribution is -2.56. The molecule has 1 aliphatic rings. The smallest absolute Gasteiger partial charge is 0.507 e. The minimum atomic E-state index is -5.95. The van der Waals surface area contributed by atoms with Crippen LogP contribution in [-0.4, -0.2) is 29.6 Å². The van der Waals surface area contributed by atoms with Crippen LogP contribution in [0.2, 0.25) is 0 Å². The predicted molar refractivity (Wildman–Crippen MR) is 77.7 cm³/mol. The molecule has 0 aromatic heterocycles. The molecule has 130 valence electrons. The topological polar surface area (TPSA) is 110 Å². The fraction of sp³-hybridized carbons (Fsp3) is 0.231. The Balaban J connectivity index is 2.44. The van der Waals surface area contributed by atoms with Crippen molar-refractivity contribution < 1.29 is 31.6 Å². The number of phenolic OH excluding ortho intramolecular Hbond substituents is 1. The van der Waals surface area contributed by atoms with E-state index in [-0.39, 0.29) is 16.9 Å². The van der Waals surface area contributed by atoms with Gasteiger partial charge in [-0.05, 0) is 11.6 Å². The van der Waals surface area contributed by atoms with Gasteiger partial charge in [0.25, 0.3) is 0 Å². The molecule has 1 aromatic carbocycles. The third kappa shape index (κ3) is 3.26. The van der Waals surface area contributed by atoms with Gasteiger partial charge in [-0.2, -0.15) is 13.2 Å². The van der Waals surface area contributed by atoms with Crippen LogP contribution in [0, 0.1) is 10.1 Å². The third-order valence-electron chi connectivity index (χ3n) is 3.32. The highest BCUT2D eigenvalue weighted by Crippen LogP contribution is 2.36. The number of nitro groups is 1. The summed E-state index contributed by atoms with van der Waals surface area (Å²) >= 11 is 0. The summed E-state index contributed by atoms with van der Waals surface area (Å²) in [4.78, 5) is 10.2. The van der Waals surface area contributed by atoms with Gasteiger partial charge in [-0.3, -0.25) is 10.1 Å². The van der Waals surface area contributed by atoms with Crippen LogP contribution in [-0.2, 0) is 10.0 Å². The maximum absolute atomic E-state index is 12.6. The molecule has 0 saturated heterocycles. The Morgan fingerprint density at radius 3 is 2.46 bits per heavy atom. The number of sulfonamides is 1. The Morgan fingerprint density at radius 2 is 1.92 bits per heavy atom. The van der Waals surface area contributed by atoms with E-state index in [9.17, 15) is 36.8 Å². The molecule has 1 aromatic rings. The second-order valence-electron chi connectivity index (χ2n) is 4.98. The zero-order valence-corrected chi connectivity index (χ0v) is 12.6. The molecule has 1 aliphatic carbocycles. The fourth-order valence-electron chi connectivity index (χ4n) is 2.19. The standard InChI is InChI=1S/C13H11F3N2O5S/c14-13(15,16)24(22,23)17-12(18(20)21)7-3-4-9(8-12)10-5-1-2-6-11(10)19/h1-7,17,19H,8H2. The summed E-state index contributed by atoms with van der Waals surface area (Å²) in [6, 6.07) is 5.71. The van der Waals surface area contributed by atoms with Gasteiger partial charge in [-0.25, -0.2) is 8.42 Å². The predicted octanol–water partition coefficient (Wildman–Crippen LogP) is 2.15. The molecule has 24 heavy (non-hydrogen) atoms. The fourth-order valence-corrected chi connectivity index (χ4v) is 2.98. The monoisotopic (exact) mass is 364 g/mol. The van der Waals surface area contributed by atoms with Crippen molar-refractivity contribution in [3.05, 3.63) is 58.2 Å². The highest BCUT2D eigenvalue weighted by atomic mass is 32.2. The zero-order chi connectivity index (χ0) is 18.2. The number of phenols is 1. The number of benzene rings is 1. The molecular weight excluding hydrogens is 353 g/mol. The molecule has 2 rings (SSSR count). The number of halogens is 3. The summed E-state index contributed by atoms with van der Waals surface area (Å²) in [5, 5.41) is 21.1.